The van der Waals surface area contributed by atoms with Crippen LogP contribution in [0.4, 0.5) is 19.0 Å². The predicted octanol–water partition coefficient (Wildman–Crippen LogP) is 4.82. The number of amides is 1. The van der Waals surface area contributed by atoms with E-state index in [1.54, 1.807) is 56.1 Å². The molecule has 2 N–H and O–H groups in total. The van der Waals surface area contributed by atoms with E-state index in [2.05, 4.69) is 16.1 Å². The topological polar surface area (TPSA) is 154 Å². The number of aliphatic hydroxyl groups is 1. The fourth-order valence-electron chi connectivity index (χ4n) is 5.55. The zero-order chi connectivity index (χ0) is 35.0. The average Bonchev–Trinajstić information content (AvgIpc) is 3.46. The highest BCUT2D eigenvalue weighted by atomic mass is 35.5. The number of nitrogens with zero attached hydrogens (tertiary/aromatic N) is 6. The summed E-state index contributed by atoms with van der Waals surface area (Å²) in [5.74, 6) is -0.900. The van der Waals surface area contributed by atoms with E-state index in [1.807, 2.05) is 23.1 Å². The average molecular weight is 687 g/mol. The summed E-state index contributed by atoms with van der Waals surface area (Å²) in [6.07, 6.45) is 0.867. The third-order valence-electron chi connectivity index (χ3n) is 7.75. The molecule has 0 radical (unpaired) electrons. The predicted molar refractivity (Wildman–Crippen MR) is 167 cm³/mol. The number of methoxy groups -OCH3 is 1. The Hall–Kier alpha value is -5.07. The number of hydrogen-bond acceptors (Lipinski definition) is 9. The van der Waals surface area contributed by atoms with Crippen LogP contribution < -0.4 is 14.4 Å². The van der Waals surface area contributed by atoms with Crippen molar-refractivity contribution in [3.05, 3.63) is 71.1 Å². The normalized spacial score (nSPS) is 17.1. The number of carboxylic acid groups (broad SMARTS) is 1. The first kappa shape index (κ1) is 34.3. The van der Waals surface area contributed by atoms with Gasteiger partial charge in [0.1, 0.15) is 30.0 Å². The molecule has 12 nitrogen and oxygen atoms in total. The number of fused-ring (bicyclic) bond motifs is 3. The minimum absolute atomic E-state index is 0.0245. The summed E-state index contributed by atoms with van der Waals surface area (Å²) in [5.41, 5.74) is 2.21. The van der Waals surface area contributed by atoms with Crippen LogP contribution in [0.1, 0.15) is 36.2 Å². The van der Waals surface area contributed by atoms with Crippen molar-refractivity contribution in [3.8, 4) is 28.7 Å². The molecule has 2 unspecified atom stereocenters. The van der Waals surface area contributed by atoms with E-state index in [-0.39, 0.29) is 24.6 Å². The van der Waals surface area contributed by atoms with Gasteiger partial charge in [-0.2, -0.15) is 23.5 Å². The molecule has 2 bridgehead atoms. The lowest BCUT2D eigenvalue weighted by Gasteiger charge is -2.56. The highest BCUT2D eigenvalue weighted by Gasteiger charge is 2.47. The molecule has 3 aromatic heterocycles. The number of nitriles is 1. The number of aliphatic carboxylic acids is 1. The van der Waals surface area contributed by atoms with Crippen molar-refractivity contribution in [2.75, 3.05) is 31.7 Å². The maximum absolute atomic E-state index is 13.2. The van der Waals surface area contributed by atoms with E-state index in [0.717, 1.165) is 23.4 Å². The molecule has 0 aliphatic carbocycles. The number of piperidine rings is 1. The number of piperazine rings is 1. The molecule has 3 aliphatic rings. The van der Waals surface area contributed by atoms with Gasteiger partial charge in [-0.15, -0.1) is 0 Å². The number of alkyl halides is 3. The van der Waals surface area contributed by atoms with Crippen LogP contribution in [0, 0.1) is 11.3 Å². The molecule has 7 rings (SSSR count). The van der Waals surface area contributed by atoms with Crippen LogP contribution >= 0.6 is 11.6 Å². The number of hydrogen-bond donors (Lipinski definition) is 2. The third-order valence-corrected chi connectivity index (χ3v) is 8.05. The second-order valence-electron chi connectivity index (χ2n) is 11.9. The summed E-state index contributed by atoms with van der Waals surface area (Å²) in [6.45, 7) is 4.81. The number of anilines is 1. The van der Waals surface area contributed by atoms with Gasteiger partial charge in [-0.05, 0) is 56.7 Å². The van der Waals surface area contributed by atoms with Crippen LogP contribution in [-0.4, -0.2) is 92.3 Å². The molecule has 0 spiro atoms. The SMILES string of the molecule is COc1ccc(C(=O)N2C3CC2CN(c2ccc(-c4cc(OCC(C)(C)O)cn5ncc(C#N)c45)cn2)C3)cc1Cl.O=C(O)C(F)(F)F. The molecular weight excluding hydrogens is 657 g/mol. The first-order valence-electron chi connectivity index (χ1n) is 14.5. The number of carbonyl (C=O) groups is 2. The molecule has 3 saturated heterocycles. The molecule has 3 aliphatic heterocycles. The van der Waals surface area contributed by atoms with E-state index in [9.17, 15) is 28.3 Å². The minimum atomic E-state index is -5.08. The maximum atomic E-state index is 13.2. The van der Waals surface area contributed by atoms with Gasteiger partial charge < -0.3 is 29.5 Å². The number of carboxylic acids is 1. The summed E-state index contributed by atoms with van der Waals surface area (Å²) in [4.78, 5) is 31.0. The monoisotopic (exact) mass is 686 g/mol. The van der Waals surface area contributed by atoms with Crippen LogP contribution in [0.5, 0.6) is 11.5 Å². The fraction of sp³-hybridized carbons (Fsp3) is 0.344. The van der Waals surface area contributed by atoms with Gasteiger partial charge in [0.25, 0.3) is 5.91 Å². The summed E-state index contributed by atoms with van der Waals surface area (Å²) in [5, 5.41) is 31.6. The molecule has 6 heterocycles. The molecule has 252 valence electrons. The summed E-state index contributed by atoms with van der Waals surface area (Å²) < 4.78 is 44.4. The van der Waals surface area contributed by atoms with Gasteiger partial charge in [-0.25, -0.2) is 14.3 Å². The van der Waals surface area contributed by atoms with Gasteiger partial charge in [-0.1, -0.05) is 11.6 Å². The fourth-order valence-corrected chi connectivity index (χ4v) is 5.80. The van der Waals surface area contributed by atoms with Gasteiger partial charge in [0.2, 0.25) is 0 Å². The molecule has 4 aromatic rings. The lowest BCUT2D eigenvalue weighted by atomic mass is 9.86. The highest BCUT2D eigenvalue weighted by Crippen LogP contribution is 2.37. The highest BCUT2D eigenvalue weighted by molar-refractivity contribution is 6.32. The zero-order valence-corrected chi connectivity index (χ0v) is 26.7. The summed E-state index contributed by atoms with van der Waals surface area (Å²) in [6, 6.07) is 13.3. The van der Waals surface area contributed by atoms with Crippen LogP contribution in [0.2, 0.25) is 5.02 Å². The van der Waals surface area contributed by atoms with Crippen LogP contribution in [0.25, 0.3) is 16.6 Å². The number of benzene rings is 1. The van der Waals surface area contributed by atoms with E-state index >= 15 is 0 Å². The van der Waals surface area contributed by atoms with Crippen molar-refractivity contribution >= 4 is 34.8 Å². The Morgan fingerprint density at radius 2 is 1.81 bits per heavy atom. The first-order chi connectivity index (χ1) is 22.6. The van der Waals surface area contributed by atoms with Crippen molar-refractivity contribution in [2.24, 2.45) is 0 Å². The molecule has 48 heavy (non-hydrogen) atoms. The molecule has 1 aromatic carbocycles. The second kappa shape index (κ2) is 13.2. The van der Waals surface area contributed by atoms with Crippen molar-refractivity contribution in [1.29, 1.82) is 5.26 Å². The van der Waals surface area contributed by atoms with Gasteiger partial charge in [0.15, 0.2) is 0 Å². The summed E-state index contributed by atoms with van der Waals surface area (Å²) in [7, 11) is 1.55. The lowest BCUT2D eigenvalue weighted by molar-refractivity contribution is -0.192. The number of carbonyl (C=O) groups excluding carboxylic acids is 1. The molecule has 1 amide bonds. The van der Waals surface area contributed by atoms with Crippen molar-refractivity contribution in [3.63, 3.8) is 0 Å². The number of pyridine rings is 2. The first-order valence-corrected chi connectivity index (χ1v) is 14.9. The van der Waals surface area contributed by atoms with E-state index < -0.39 is 17.7 Å². The Balaban J connectivity index is 0.000000582. The lowest BCUT2D eigenvalue weighted by Crippen LogP contribution is -2.70. The number of halogens is 4. The Morgan fingerprint density at radius 3 is 2.35 bits per heavy atom. The number of rotatable bonds is 7. The molecule has 3 fully saturated rings. The van der Waals surface area contributed by atoms with Crippen LogP contribution in [0.15, 0.2) is 55.0 Å². The van der Waals surface area contributed by atoms with E-state index in [1.165, 1.54) is 6.20 Å². The quantitative estimate of drug-likeness (QED) is 0.277. The number of aromatic nitrogens is 3. The summed E-state index contributed by atoms with van der Waals surface area (Å²) >= 11 is 6.26. The van der Waals surface area contributed by atoms with Crippen molar-refractivity contribution < 1.29 is 42.4 Å². The smallest absolute Gasteiger partial charge is 0.490 e. The Kier molecular flexibility index (Phi) is 9.43. The minimum Gasteiger partial charge on any atom is -0.495 e. The van der Waals surface area contributed by atoms with Crippen molar-refractivity contribution in [2.45, 2.75) is 44.1 Å². The largest absolute Gasteiger partial charge is 0.495 e. The van der Waals surface area contributed by atoms with Crippen LogP contribution in [0.3, 0.4) is 0 Å². The molecule has 0 saturated carbocycles. The van der Waals surface area contributed by atoms with Gasteiger partial charge in [0, 0.05) is 36.0 Å². The second-order valence-corrected chi connectivity index (χ2v) is 12.3. The third kappa shape index (κ3) is 7.24. The van der Waals surface area contributed by atoms with Gasteiger partial charge in [0.05, 0.1) is 53.3 Å². The zero-order valence-electron chi connectivity index (χ0n) is 25.9. The van der Waals surface area contributed by atoms with Gasteiger partial charge in [-0.3, -0.25) is 4.79 Å². The Morgan fingerprint density at radius 1 is 1.12 bits per heavy atom. The van der Waals surface area contributed by atoms with Gasteiger partial charge >= 0.3 is 12.1 Å². The maximum Gasteiger partial charge on any atom is 0.490 e. The van der Waals surface area contributed by atoms with E-state index in [4.69, 9.17) is 36.0 Å². The van der Waals surface area contributed by atoms with E-state index in [0.29, 0.717) is 46.3 Å². The molecular formula is C32H30ClF3N6O6. The number of ether oxygens (including phenoxy) is 2. The Bertz CT molecular complexity index is 1870. The molecule has 16 heteroatoms. The standard InChI is InChI=1S/C30H29ClN6O4.C2HF3O2/c1-30(2,39)17-41-23-10-24(28-20(11-32)13-34-36(28)16-23)19-5-7-27(33-12-19)35-14-21-9-22(15-35)37(21)29(38)18-4-6-26(40-3)25(31)8-18;3-2(4,5)1(6)7/h4-8,10,12-13,16,21-22,39H,9,14-15,17H2,1-3H3;(H,6,7). The Labute approximate surface area is 277 Å². The van der Waals surface area contributed by atoms with Crippen LogP contribution in [-0.2, 0) is 4.79 Å². The van der Waals surface area contributed by atoms with Crippen molar-refractivity contribution in [1.82, 2.24) is 19.5 Å². The molecule has 2 atom stereocenters.